The number of rotatable bonds is 5. The first-order valence-corrected chi connectivity index (χ1v) is 11.8. The van der Waals surface area contributed by atoms with Crippen LogP contribution in [0.3, 0.4) is 0 Å². The molecule has 3 N–H and O–H groups in total. The number of nitrogens with one attached hydrogen (secondary N) is 2. The maximum absolute atomic E-state index is 13.0. The smallest absolute Gasteiger partial charge is 0.410 e. The Balaban J connectivity index is 1.70. The van der Waals surface area contributed by atoms with Gasteiger partial charge in [-0.2, -0.15) is 0 Å². The molecule has 1 aliphatic rings. The molecular formula is C25H31ClN4O5. The molecule has 0 spiro atoms. The first kappa shape index (κ1) is 26.4. The Morgan fingerprint density at radius 1 is 1.14 bits per heavy atom. The number of hydrogen-bond acceptors (Lipinski definition) is 6. The molecule has 1 aliphatic heterocycles. The van der Waals surface area contributed by atoms with E-state index in [1.165, 1.54) is 12.3 Å². The van der Waals surface area contributed by atoms with Crippen molar-refractivity contribution in [3.8, 4) is 0 Å². The molecule has 1 atom stereocenters. The molecule has 0 bridgehead atoms. The molecular weight excluding hydrogens is 472 g/mol. The van der Waals surface area contributed by atoms with Crippen molar-refractivity contribution in [2.75, 3.05) is 23.7 Å². The van der Waals surface area contributed by atoms with Crippen LogP contribution < -0.4 is 10.6 Å². The van der Waals surface area contributed by atoms with Gasteiger partial charge in [0.2, 0.25) is 5.91 Å². The number of halogens is 1. The highest BCUT2D eigenvalue weighted by molar-refractivity contribution is 6.30. The zero-order valence-electron chi connectivity index (χ0n) is 20.3. The van der Waals surface area contributed by atoms with Crippen LogP contribution >= 0.6 is 11.6 Å². The summed E-state index contributed by atoms with van der Waals surface area (Å²) in [5, 5.41) is 15.9. The van der Waals surface area contributed by atoms with Gasteiger partial charge in [-0.05, 0) is 70.4 Å². The number of amides is 3. The van der Waals surface area contributed by atoms with Gasteiger partial charge in [0.1, 0.15) is 11.4 Å². The van der Waals surface area contributed by atoms with Gasteiger partial charge in [0, 0.05) is 25.2 Å². The van der Waals surface area contributed by atoms with Gasteiger partial charge < -0.3 is 25.4 Å². The van der Waals surface area contributed by atoms with Gasteiger partial charge in [0.15, 0.2) is 0 Å². The van der Waals surface area contributed by atoms with Crippen molar-refractivity contribution in [1.82, 2.24) is 9.88 Å². The molecule has 35 heavy (non-hydrogen) atoms. The topological polar surface area (TPSA) is 121 Å². The maximum atomic E-state index is 13.0. The van der Waals surface area contributed by atoms with E-state index >= 15 is 0 Å². The van der Waals surface area contributed by atoms with Crippen LogP contribution in [0, 0.1) is 5.92 Å². The molecule has 2 heterocycles. The molecule has 1 fully saturated rings. The number of nitrogens with zero attached hydrogens (tertiary/aromatic N) is 2. The molecule has 3 amide bonds. The summed E-state index contributed by atoms with van der Waals surface area (Å²) in [7, 11) is 0. The number of carbonyl (C=O) groups is 3. The van der Waals surface area contributed by atoms with Crippen molar-refractivity contribution >= 4 is 41.0 Å². The number of pyridine rings is 1. The monoisotopic (exact) mass is 502 g/mol. The Morgan fingerprint density at radius 2 is 1.83 bits per heavy atom. The van der Waals surface area contributed by atoms with E-state index in [0.717, 1.165) is 0 Å². The predicted molar refractivity (Wildman–Crippen MR) is 133 cm³/mol. The van der Waals surface area contributed by atoms with E-state index in [-0.39, 0.29) is 23.5 Å². The van der Waals surface area contributed by atoms with Crippen LogP contribution in [-0.2, 0) is 9.53 Å². The van der Waals surface area contributed by atoms with Crippen molar-refractivity contribution in [3.63, 3.8) is 0 Å². The van der Waals surface area contributed by atoms with Crippen LogP contribution in [0.1, 0.15) is 62.6 Å². The number of aliphatic hydroxyl groups excluding tert-OH is 1. The predicted octanol–water partition coefficient (Wildman–Crippen LogP) is 4.63. The zero-order valence-corrected chi connectivity index (χ0v) is 21.1. The number of anilines is 2. The largest absolute Gasteiger partial charge is 0.444 e. The van der Waals surface area contributed by atoms with E-state index in [2.05, 4.69) is 15.6 Å². The van der Waals surface area contributed by atoms with Crippen molar-refractivity contribution < 1.29 is 24.2 Å². The van der Waals surface area contributed by atoms with Gasteiger partial charge in [-0.1, -0.05) is 17.7 Å². The molecule has 0 saturated carbocycles. The van der Waals surface area contributed by atoms with E-state index in [4.69, 9.17) is 16.3 Å². The van der Waals surface area contributed by atoms with E-state index < -0.39 is 17.6 Å². The Kier molecular flexibility index (Phi) is 8.34. The molecule has 188 valence electrons. The third-order valence-electron chi connectivity index (χ3n) is 5.51. The molecule has 0 radical (unpaired) electrons. The second-order valence-electron chi connectivity index (χ2n) is 9.53. The van der Waals surface area contributed by atoms with Gasteiger partial charge >= 0.3 is 6.09 Å². The van der Waals surface area contributed by atoms with Crippen LogP contribution in [0.25, 0.3) is 0 Å². The highest BCUT2D eigenvalue weighted by Crippen LogP contribution is 2.26. The lowest BCUT2D eigenvalue weighted by Gasteiger charge is -2.33. The van der Waals surface area contributed by atoms with Gasteiger partial charge in [-0.3, -0.25) is 9.59 Å². The molecule has 2 aromatic rings. The summed E-state index contributed by atoms with van der Waals surface area (Å²) in [4.78, 5) is 44.0. The minimum Gasteiger partial charge on any atom is -0.444 e. The van der Waals surface area contributed by atoms with E-state index in [9.17, 15) is 19.5 Å². The second-order valence-corrected chi connectivity index (χ2v) is 9.96. The molecule has 10 heteroatoms. The molecule has 1 aromatic carbocycles. The average molecular weight is 503 g/mol. The lowest BCUT2D eigenvalue weighted by atomic mass is 9.95. The number of aliphatic hydroxyl groups is 1. The number of piperidine rings is 1. The van der Waals surface area contributed by atoms with Crippen LogP contribution in [0.2, 0.25) is 5.02 Å². The summed E-state index contributed by atoms with van der Waals surface area (Å²) >= 11 is 5.85. The lowest BCUT2D eigenvalue weighted by molar-refractivity contribution is -0.121. The highest BCUT2D eigenvalue weighted by atomic mass is 35.5. The van der Waals surface area contributed by atoms with Crippen molar-refractivity contribution in [2.45, 2.75) is 52.2 Å². The number of aromatic nitrogens is 1. The fourth-order valence-corrected chi connectivity index (χ4v) is 3.75. The maximum Gasteiger partial charge on any atom is 0.410 e. The SMILES string of the molecule is CC(O)c1ccc(NC(=O)C2CCN(C(=O)OC(C)(C)C)CC2)c(C(=O)Nc2ccc(Cl)cn2)c1. The summed E-state index contributed by atoms with van der Waals surface area (Å²) in [5.41, 5.74) is 0.463. The fourth-order valence-electron chi connectivity index (χ4n) is 3.64. The lowest BCUT2D eigenvalue weighted by Crippen LogP contribution is -2.43. The highest BCUT2D eigenvalue weighted by Gasteiger charge is 2.30. The molecule has 9 nitrogen and oxygen atoms in total. The molecule has 1 saturated heterocycles. The first-order valence-electron chi connectivity index (χ1n) is 11.5. The molecule has 1 unspecified atom stereocenters. The average Bonchev–Trinajstić information content (AvgIpc) is 2.79. The zero-order chi connectivity index (χ0) is 25.8. The van der Waals surface area contributed by atoms with Crippen LogP contribution in [0.5, 0.6) is 0 Å². The van der Waals surface area contributed by atoms with E-state index in [1.54, 1.807) is 36.1 Å². The summed E-state index contributed by atoms with van der Waals surface area (Å²) in [6.07, 6.45) is 1.19. The Bertz CT molecular complexity index is 1070. The Morgan fingerprint density at radius 3 is 2.40 bits per heavy atom. The number of benzene rings is 1. The van der Waals surface area contributed by atoms with E-state index in [1.807, 2.05) is 20.8 Å². The van der Waals surface area contributed by atoms with Crippen molar-refractivity contribution in [3.05, 3.63) is 52.7 Å². The van der Waals surface area contributed by atoms with Gasteiger partial charge in [-0.25, -0.2) is 9.78 Å². The molecule has 1 aromatic heterocycles. The summed E-state index contributed by atoms with van der Waals surface area (Å²) in [5.74, 6) is -0.748. The standard InChI is InChI=1S/C25H31ClN4O5/c1-15(31)17-5-7-20(19(13-17)23(33)29-21-8-6-18(26)14-27-21)28-22(32)16-9-11-30(12-10-16)24(34)35-25(2,3)4/h5-8,13-16,31H,9-12H2,1-4H3,(H,28,32)(H,27,29,33). The second kappa shape index (κ2) is 11.0. The minimum atomic E-state index is -0.794. The summed E-state index contributed by atoms with van der Waals surface area (Å²) in [6.45, 7) is 7.83. The molecule has 3 rings (SSSR count). The van der Waals surface area contributed by atoms with Crippen LogP contribution in [-0.4, -0.2) is 51.6 Å². The van der Waals surface area contributed by atoms with Crippen molar-refractivity contribution in [1.29, 1.82) is 0 Å². The number of carbonyl (C=O) groups excluding carboxylic acids is 3. The van der Waals surface area contributed by atoms with Crippen LogP contribution in [0.15, 0.2) is 36.5 Å². The Labute approximate surface area is 209 Å². The fraction of sp³-hybridized carbons (Fsp3) is 0.440. The Hall–Kier alpha value is -3.17. The molecule has 0 aliphatic carbocycles. The first-order chi connectivity index (χ1) is 16.4. The normalized spacial score (nSPS) is 15.3. The van der Waals surface area contributed by atoms with Gasteiger partial charge in [0.05, 0.1) is 22.4 Å². The van der Waals surface area contributed by atoms with E-state index in [0.29, 0.717) is 48.0 Å². The minimum absolute atomic E-state index is 0.194. The third-order valence-corrected chi connectivity index (χ3v) is 5.74. The van der Waals surface area contributed by atoms with Crippen molar-refractivity contribution in [2.24, 2.45) is 5.92 Å². The van der Waals surface area contributed by atoms with Gasteiger partial charge in [-0.15, -0.1) is 0 Å². The van der Waals surface area contributed by atoms with Crippen LogP contribution in [0.4, 0.5) is 16.3 Å². The summed E-state index contributed by atoms with van der Waals surface area (Å²) < 4.78 is 5.41. The number of hydrogen-bond donors (Lipinski definition) is 3. The summed E-state index contributed by atoms with van der Waals surface area (Å²) in [6, 6.07) is 7.96. The number of likely N-dealkylation sites (tertiary alicyclic amines) is 1. The quantitative estimate of drug-likeness (QED) is 0.548. The van der Waals surface area contributed by atoms with Gasteiger partial charge in [0.25, 0.3) is 5.91 Å². The third kappa shape index (κ3) is 7.40. The number of ether oxygens (including phenoxy) is 1.